The molecule has 1 aliphatic carbocycles. The summed E-state index contributed by atoms with van der Waals surface area (Å²) in [6.07, 6.45) is 2.70. The van der Waals surface area contributed by atoms with Crippen LogP contribution in [0.5, 0.6) is 0 Å². The Hall–Kier alpha value is -0.0800. The van der Waals surface area contributed by atoms with Gasteiger partial charge in [0.15, 0.2) is 5.96 Å². The number of aliphatic imine (C=N–C) groups is 1. The lowest BCUT2D eigenvalue weighted by Crippen LogP contribution is -2.42. The van der Waals surface area contributed by atoms with Crippen LogP contribution in [0.4, 0.5) is 0 Å². The van der Waals surface area contributed by atoms with Crippen molar-refractivity contribution >= 4 is 29.9 Å². The second-order valence-electron chi connectivity index (χ2n) is 6.85. The van der Waals surface area contributed by atoms with Gasteiger partial charge in [0.05, 0.1) is 13.2 Å². The summed E-state index contributed by atoms with van der Waals surface area (Å²) in [5.41, 5.74) is 0.149. The van der Waals surface area contributed by atoms with Gasteiger partial charge < -0.3 is 20.3 Å². The van der Waals surface area contributed by atoms with Crippen molar-refractivity contribution < 1.29 is 4.74 Å². The number of likely N-dealkylation sites (N-methyl/N-ethyl adjacent to an activating group) is 1. The summed E-state index contributed by atoms with van der Waals surface area (Å²) < 4.78 is 5.69. The highest BCUT2D eigenvalue weighted by Crippen LogP contribution is 2.28. The Morgan fingerprint density at radius 1 is 1.32 bits per heavy atom. The van der Waals surface area contributed by atoms with E-state index in [0.717, 1.165) is 51.3 Å². The van der Waals surface area contributed by atoms with E-state index in [1.807, 2.05) is 0 Å². The summed E-state index contributed by atoms with van der Waals surface area (Å²) in [6, 6.07) is 0. The average molecular weight is 426 g/mol. The molecule has 0 amide bonds. The molecular weight excluding hydrogens is 391 g/mol. The second kappa shape index (κ2) is 11.5. The summed E-state index contributed by atoms with van der Waals surface area (Å²) >= 11 is 0. The summed E-state index contributed by atoms with van der Waals surface area (Å²) in [5, 5.41) is 6.79. The molecule has 0 heterocycles. The first-order valence-corrected chi connectivity index (χ1v) is 8.24. The highest BCUT2D eigenvalue weighted by molar-refractivity contribution is 14.0. The Kier molecular flexibility index (Phi) is 11.4. The fourth-order valence-electron chi connectivity index (χ4n) is 1.90. The van der Waals surface area contributed by atoms with E-state index in [9.17, 15) is 0 Å². The predicted molar refractivity (Wildman–Crippen MR) is 105 cm³/mol. The monoisotopic (exact) mass is 426 g/mol. The van der Waals surface area contributed by atoms with Crippen LogP contribution in [-0.4, -0.2) is 62.8 Å². The molecule has 0 saturated heterocycles. The zero-order valence-electron chi connectivity index (χ0n) is 14.9. The SMILES string of the molecule is CCNC(=NCCNC(C)(C)C)N(C)CCOCC1CC1.I. The molecule has 0 aliphatic heterocycles. The molecule has 132 valence electrons. The number of guanidine groups is 1. The third kappa shape index (κ3) is 11.5. The number of hydrogen-bond donors (Lipinski definition) is 2. The van der Waals surface area contributed by atoms with Crippen LogP contribution < -0.4 is 10.6 Å². The van der Waals surface area contributed by atoms with Gasteiger partial charge in [-0.1, -0.05) is 0 Å². The van der Waals surface area contributed by atoms with Gasteiger partial charge in [-0.15, -0.1) is 24.0 Å². The molecule has 0 aromatic rings. The minimum absolute atomic E-state index is 0. The van der Waals surface area contributed by atoms with Gasteiger partial charge >= 0.3 is 0 Å². The Labute approximate surface area is 153 Å². The van der Waals surface area contributed by atoms with Crippen LogP contribution in [0.1, 0.15) is 40.5 Å². The average Bonchev–Trinajstić information content (AvgIpc) is 3.21. The summed E-state index contributed by atoms with van der Waals surface area (Å²) in [4.78, 5) is 6.80. The van der Waals surface area contributed by atoms with Crippen LogP contribution in [0.25, 0.3) is 0 Å². The quantitative estimate of drug-likeness (QED) is 0.257. The largest absolute Gasteiger partial charge is 0.379 e. The van der Waals surface area contributed by atoms with E-state index in [-0.39, 0.29) is 29.5 Å². The molecule has 0 aromatic carbocycles. The van der Waals surface area contributed by atoms with Crippen LogP contribution in [0.2, 0.25) is 0 Å². The number of halogens is 1. The van der Waals surface area contributed by atoms with Crippen molar-refractivity contribution in [3.05, 3.63) is 0 Å². The zero-order valence-corrected chi connectivity index (χ0v) is 17.3. The highest BCUT2D eigenvalue weighted by Gasteiger charge is 2.21. The van der Waals surface area contributed by atoms with E-state index in [1.165, 1.54) is 12.8 Å². The van der Waals surface area contributed by atoms with Crippen molar-refractivity contribution in [1.82, 2.24) is 15.5 Å². The maximum Gasteiger partial charge on any atom is 0.193 e. The van der Waals surface area contributed by atoms with E-state index in [4.69, 9.17) is 4.74 Å². The first-order chi connectivity index (χ1) is 9.92. The second-order valence-corrected chi connectivity index (χ2v) is 6.85. The van der Waals surface area contributed by atoms with E-state index < -0.39 is 0 Å². The van der Waals surface area contributed by atoms with Gasteiger partial charge in [0.1, 0.15) is 0 Å². The molecule has 2 N–H and O–H groups in total. The Morgan fingerprint density at radius 3 is 2.55 bits per heavy atom. The molecule has 0 radical (unpaired) electrons. The van der Waals surface area contributed by atoms with Crippen molar-refractivity contribution in [2.45, 2.75) is 46.1 Å². The minimum Gasteiger partial charge on any atom is -0.379 e. The van der Waals surface area contributed by atoms with Crippen molar-refractivity contribution in [2.75, 3.05) is 46.4 Å². The van der Waals surface area contributed by atoms with Crippen molar-refractivity contribution in [1.29, 1.82) is 0 Å². The van der Waals surface area contributed by atoms with Crippen molar-refractivity contribution in [2.24, 2.45) is 10.9 Å². The van der Waals surface area contributed by atoms with E-state index in [0.29, 0.717) is 0 Å². The van der Waals surface area contributed by atoms with Gasteiger partial charge in [-0.3, -0.25) is 4.99 Å². The van der Waals surface area contributed by atoms with Crippen LogP contribution >= 0.6 is 24.0 Å². The lowest BCUT2D eigenvalue weighted by molar-refractivity contribution is 0.115. The number of hydrogen-bond acceptors (Lipinski definition) is 3. The first kappa shape index (κ1) is 21.9. The molecule has 1 aliphatic rings. The molecular formula is C16H35IN4O. The molecule has 1 fully saturated rings. The van der Waals surface area contributed by atoms with Gasteiger partial charge in [0.25, 0.3) is 0 Å². The number of ether oxygens (including phenoxy) is 1. The van der Waals surface area contributed by atoms with Gasteiger partial charge in [-0.25, -0.2) is 0 Å². The number of nitrogens with zero attached hydrogens (tertiary/aromatic N) is 2. The molecule has 5 nitrogen and oxygen atoms in total. The predicted octanol–water partition coefficient (Wildman–Crippen LogP) is 2.32. The molecule has 0 atom stereocenters. The normalized spacial score (nSPS) is 15.4. The number of rotatable bonds is 9. The highest BCUT2D eigenvalue weighted by atomic mass is 127. The van der Waals surface area contributed by atoms with Crippen molar-refractivity contribution in [3.63, 3.8) is 0 Å². The smallest absolute Gasteiger partial charge is 0.193 e. The number of nitrogens with one attached hydrogen (secondary N) is 2. The molecule has 0 unspecified atom stereocenters. The standard InChI is InChI=1S/C16H34N4O.HI/c1-6-17-15(18-9-10-19-16(2,3)4)20(5)11-12-21-13-14-7-8-14;/h14,19H,6-13H2,1-5H3,(H,17,18);1H. The summed E-state index contributed by atoms with van der Waals surface area (Å²) in [5.74, 6) is 1.80. The lowest BCUT2D eigenvalue weighted by atomic mass is 10.1. The van der Waals surface area contributed by atoms with Gasteiger partial charge in [0, 0.05) is 38.8 Å². The van der Waals surface area contributed by atoms with Gasteiger partial charge in [-0.05, 0) is 46.5 Å². The Morgan fingerprint density at radius 2 is 2.00 bits per heavy atom. The van der Waals surface area contributed by atoms with E-state index in [2.05, 4.69) is 55.3 Å². The zero-order chi connectivity index (χ0) is 15.7. The van der Waals surface area contributed by atoms with Crippen LogP contribution in [0.3, 0.4) is 0 Å². The molecule has 1 rings (SSSR count). The molecule has 22 heavy (non-hydrogen) atoms. The summed E-state index contributed by atoms with van der Waals surface area (Å²) in [7, 11) is 2.07. The fourth-order valence-corrected chi connectivity index (χ4v) is 1.90. The molecule has 0 spiro atoms. The topological polar surface area (TPSA) is 48.9 Å². The van der Waals surface area contributed by atoms with Crippen molar-refractivity contribution in [3.8, 4) is 0 Å². The summed E-state index contributed by atoms with van der Waals surface area (Å²) in [6.45, 7) is 13.8. The van der Waals surface area contributed by atoms with Gasteiger partial charge in [-0.2, -0.15) is 0 Å². The third-order valence-electron chi connectivity index (χ3n) is 3.35. The third-order valence-corrected chi connectivity index (χ3v) is 3.35. The Balaban J connectivity index is 0.00000441. The molecule has 0 bridgehead atoms. The maximum atomic E-state index is 5.69. The molecule has 1 saturated carbocycles. The minimum atomic E-state index is 0. The molecule has 0 aromatic heterocycles. The van der Waals surface area contributed by atoms with Crippen LogP contribution in [-0.2, 0) is 4.74 Å². The Bertz CT molecular complexity index is 314. The van der Waals surface area contributed by atoms with E-state index >= 15 is 0 Å². The lowest BCUT2D eigenvalue weighted by Gasteiger charge is -2.23. The van der Waals surface area contributed by atoms with E-state index in [1.54, 1.807) is 0 Å². The molecule has 6 heteroatoms. The first-order valence-electron chi connectivity index (χ1n) is 8.24. The van der Waals surface area contributed by atoms with Crippen LogP contribution in [0, 0.1) is 5.92 Å². The maximum absolute atomic E-state index is 5.69. The van der Waals surface area contributed by atoms with Gasteiger partial charge in [0.2, 0.25) is 0 Å². The van der Waals surface area contributed by atoms with Crippen LogP contribution in [0.15, 0.2) is 4.99 Å². The fraction of sp³-hybridized carbons (Fsp3) is 0.938.